The van der Waals surface area contributed by atoms with Gasteiger partial charge >= 0.3 is 0 Å². The first-order chi connectivity index (χ1) is 15.1. The number of hydrogen-bond acceptors (Lipinski definition) is 3. The maximum absolute atomic E-state index is 6.17. The number of fused-ring (bicyclic) bond motifs is 3. The molecule has 6 rings (SSSR count). The second-order valence-corrected chi connectivity index (χ2v) is 8.63. The molecule has 5 aromatic rings. The average molecular weight is 436 g/mol. The minimum absolute atomic E-state index is 0.761. The van der Waals surface area contributed by atoms with Crippen molar-refractivity contribution in [3.8, 4) is 11.3 Å². The Bertz CT molecular complexity index is 1510. The van der Waals surface area contributed by atoms with E-state index in [1.165, 1.54) is 10.8 Å². The third-order valence-corrected chi connectivity index (χ3v) is 6.85. The molecule has 2 heterocycles. The molecule has 0 saturated carbocycles. The van der Waals surface area contributed by atoms with Crippen molar-refractivity contribution in [1.82, 2.24) is 4.57 Å². The lowest BCUT2D eigenvalue weighted by molar-refractivity contribution is 0.604. The summed E-state index contributed by atoms with van der Waals surface area (Å²) in [6.07, 6.45) is 1.98. The Kier molecular flexibility index (Phi) is 4.07. The summed E-state index contributed by atoms with van der Waals surface area (Å²) >= 11 is 11.6. The van der Waals surface area contributed by atoms with E-state index in [1.54, 1.807) is 0 Å². The molecule has 1 aliphatic carbocycles. The van der Waals surface area contributed by atoms with E-state index in [0.717, 1.165) is 54.5 Å². The van der Waals surface area contributed by atoms with Crippen LogP contribution in [-0.4, -0.2) is 14.3 Å². The SMILES string of the molecule is Cn1c(-c2ccccc2)cc2oc(C=C3C(=S)c4cc5ccccc5cc4C3=S)cc21. The molecule has 0 N–H and O–H groups in total. The van der Waals surface area contributed by atoms with Crippen LogP contribution in [0, 0.1) is 0 Å². The van der Waals surface area contributed by atoms with E-state index in [0.29, 0.717) is 0 Å². The lowest BCUT2D eigenvalue weighted by atomic mass is 10.0. The van der Waals surface area contributed by atoms with Crippen LogP contribution in [0.5, 0.6) is 0 Å². The van der Waals surface area contributed by atoms with E-state index < -0.39 is 0 Å². The van der Waals surface area contributed by atoms with Crippen LogP contribution >= 0.6 is 24.4 Å². The fourth-order valence-corrected chi connectivity index (χ4v) is 5.09. The molecule has 0 bridgehead atoms. The van der Waals surface area contributed by atoms with Crippen LogP contribution in [0.15, 0.2) is 88.9 Å². The number of nitrogens with zero attached hydrogens (tertiary/aromatic N) is 1. The van der Waals surface area contributed by atoms with Crippen molar-refractivity contribution in [2.24, 2.45) is 7.05 Å². The maximum atomic E-state index is 6.17. The summed E-state index contributed by atoms with van der Waals surface area (Å²) < 4.78 is 8.33. The van der Waals surface area contributed by atoms with Gasteiger partial charge in [0, 0.05) is 35.9 Å². The number of aryl methyl sites for hydroxylation is 1. The smallest absolute Gasteiger partial charge is 0.153 e. The van der Waals surface area contributed by atoms with Crippen LogP contribution in [0.3, 0.4) is 0 Å². The molecule has 0 radical (unpaired) electrons. The fraction of sp³-hybridized carbons (Fsp3) is 0.0370. The summed E-state index contributed by atoms with van der Waals surface area (Å²) in [5, 5.41) is 2.34. The Morgan fingerprint density at radius 1 is 0.774 bits per heavy atom. The molecule has 0 atom stereocenters. The second-order valence-electron chi connectivity index (χ2n) is 7.81. The lowest BCUT2D eigenvalue weighted by Crippen LogP contribution is -1.97. The number of hydrogen-bond donors (Lipinski definition) is 0. The van der Waals surface area contributed by atoms with Gasteiger partial charge in [0.2, 0.25) is 0 Å². The first-order valence-corrected chi connectivity index (χ1v) is 10.9. The van der Waals surface area contributed by atoms with Crippen molar-refractivity contribution in [3.05, 3.63) is 101 Å². The minimum atomic E-state index is 0.761. The molecular formula is C27H17NOS2. The van der Waals surface area contributed by atoms with Crippen LogP contribution in [0.2, 0.25) is 0 Å². The van der Waals surface area contributed by atoms with E-state index in [-0.39, 0.29) is 0 Å². The molecule has 0 aliphatic heterocycles. The molecule has 4 heteroatoms. The highest BCUT2D eigenvalue weighted by Crippen LogP contribution is 2.35. The number of aromatic nitrogens is 1. The summed E-state index contributed by atoms with van der Waals surface area (Å²) in [6.45, 7) is 0. The number of allylic oxidation sites excluding steroid dienone is 1. The van der Waals surface area contributed by atoms with Gasteiger partial charge in [0.15, 0.2) is 5.58 Å². The van der Waals surface area contributed by atoms with Crippen molar-refractivity contribution in [3.63, 3.8) is 0 Å². The lowest BCUT2D eigenvalue weighted by Gasteiger charge is -2.03. The number of furan rings is 1. The third kappa shape index (κ3) is 2.83. The minimum Gasteiger partial charge on any atom is -0.455 e. The predicted octanol–water partition coefficient (Wildman–Crippen LogP) is 7.12. The first-order valence-electron chi connectivity index (χ1n) is 10.1. The Balaban J connectivity index is 1.42. The summed E-state index contributed by atoms with van der Waals surface area (Å²) in [6, 6.07) is 27.0. The van der Waals surface area contributed by atoms with Gasteiger partial charge in [0.05, 0.1) is 20.9 Å². The van der Waals surface area contributed by atoms with Gasteiger partial charge in [-0.2, -0.15) is 0 Å². The van der Waals surface area contributed by atoms with Crippen molar-refractivity contribution < 1.29 is 4.42 Å². The highest BCUT2D eigenvalue weighted by Gasteiger charge is 2.27. The molecule has 2 aromatic heterocycles. The molecule has 0 amide bonds. The zero-order chi connectivity index (χ0) is 21.1. The van der Waals surface area contributed by atoms with Gasteiger partial charge in [-0.25, -0.2) is 0 Å². The van der Waals surface area contributed by atoms with E-state index in [4.69, 9.17) is 28.9 Å². The summed E-state index contributed by atoms with van der Waals surface area (Å²) in [5.74, 6) is 0.761. The van der Waals surface area contributed by atoms with Crippen molar-refractivity contribution in [2.75, 3.05) is 0 Å². The normalized spacial score (nSPS) is 13.4. The Morgan fingerprint density at radius 2 is 1.39 bits per heavy atom. The molecule has 2 nitrogen and oxygen atoms in total. The van der Waals surface area contributed by atoms with E-state index in [2.05, 4.69) is 60.1 Å². The Hall–Kier alpha value is -3.34. The van der Waals surface area contributed by atoms with Crippen molar-refractivity contribution >= 4 is 62.1 Å². The quantitative estimate of drug-likeness (QED) is 0.217. The second kappa shape index (κ2) is 6.84. The molecule has 0 saturated heterocycles. The topological polar surface area (TPSA) is 18.1 Å². The first kappa shape index (κ1) is 18.4. The highest BCUT2D eigenvalue weighted by atomic mass is 32.1. The molecule has 31 heavy (non-hydrogen) atoms. The predicted molar refractivity (Wildman–Crippen MR) is 136 cm³/mol. The molecule has 1 aliphatic rings. The van der Waals surface area contributed by atoms with Crippen LogP contribution < -0.4 is 0 Å². The van der Waals surface area contributed by atoms with Crippen LogP contribution in [-0.2, 0) is 7.05 Å². The molecule has 0 fully saturated rings. The standard InChI is InChI=1S/C27H17NOS2/c1-28-23(16-7-3-2-4-8-16)15-25-24(28)14-19(29-25)13-22-26(30)20-11-17-9-5-6-10-18(17)12-21(20)27(22)31/h2-15H,1H3. The molecule has 3 aromatic carbocycles. The molecular weight excluding hydrogens is 418 g/mol. The number of rotatable bonds is 2. The highest BCUT2D eigenvalue weighted by molar-refractivity contribution is 7.84. The summed E-state index contributed by atoms with van der Waals surface area (Å²) in [4.78, 5) is 1.58. The monoisotopic (exact) mass is 435 g/mol. The molecule has 0 unspecified atom stereocenters. The van der Waals surface area contributed by atoms with Crippen molar-refractivity contribution in [2.45, 2.75) is 0 Å². The van der Waals surface area contributed by atoms with Crippen LogP contribution in [0.25, 0.3) is 39.2 Å². The van der Waals surface area contributed by atoms with Gasteiger partial charge in [-0.15, -0.1) is 0 Å². The fourth-order valence-electron chi connectivity index (χ4n) is 4.37. The Labute approximate surface area is 190 Å². The largest absolute Gasteiger partial charge is 0.455 e. The van der Waals surface area contributed by atoms with E-state index in [1.807, 2.05) is 36.4 Å². The number of benzene rings is 3. The van der Waals surface area contributed by atoms with E-state index >= 15 is 0 Å². The summed E-state index contributed by atoms with van der Waals surface area (Å²) in [7, 11) is 2.06. The van der Waals surface area contributed by atoms with Gasteiger partial charge in [-0.05, 0) is 34.5 Å². The maximum Gasteiger partial charge on any atom is 0.153 e. The third-order valence-electron chi connectivity index (χ3n) is 5.97. The molecule has 0 spiro atoms. The van der Waals surface area contributed by atoms with Gasteiger partial charge in [-0.1, -0.05) is 79.0 Å². The average Bonchev–Trinajstić information content (AvgIpc) is 3.41. The van der Waals surface area contributed by atoms with Gasteiger partial charge < -0.3 is 8.98 Å². The van der Waals surface area contributed by atoms with Crippen molar-refractivity contribution in [1.29, 1.82) is 0 Å². The summed E-state index contributed by atoms with van der Waals surface area (Å²) in [5.41, 5.74) is 7.14. The van der Waals surface area contributed by atoms with E-state index in [9.17, 15) is 0 Å². The van der Waals surface area contributed by atoms with Gasteiger partial charge in [0.1, 0.15) is 5.76 Å². The molecule has 148 valence electrons. The zero-order valence-electron chi connectivity index (χ0n) is 16.8. The Morgan fingerprint density at radius 3 is 2.00 bits per heavy atom. The van der Waals surface area contributed by atoms with Crippen LogP contribution in [0.4, 0.5) is 0 Å². The van der Waals surface area contributed by atoms with Crippen LogP contribution in [0.1, 0.15) is 16.9 Å². The number of thiocarbonyl (C=S) groups is 2. The van der Waals surface area contributed by atoms with Gasteiger partial charge in [0.25, 0.3) is 0 Å². The zero-order valence-corrected chi connectivity index (χ0v) is 18.4. The van der Waals surface area contributed by atoms with Gasteiger partial charge in [-0.3, -0.25) is 0 Å².